The molecule has 0 saturated heterocycles. The summed E-state index contributed by atoms with van der Waals surface area (Å²) < 4.78 is 0. The molecule has 1 aliphatic carbocycles. The molecule has 0 atom stereocenters. The highest BCUT2D eigenvalue weighted by atomic mass is 14.7. The summed E-state index contributed by atoms with van der Waals surface area (Å²) in [6.45, 7) is 0. The summed E-state index contributed by atoms with van der Waals surface area (Å²) in [4.78, 5) is 5.03. The van der Waals surface area contributed by atoms with E-state index in [1.54, 1.807) is 0 Å². The van der Waals surface area contributed by atoms with Gasteiger partial charge < -0.3 is 0 Å². The molecule has 0 radical (unpaired) electrons. The Morgan fingerprint density at radius 2 is 1.00 bits per heavy atom. The van der Waals surface area contributed by atoms with Gasteiger partial charge in [0.1, 0.15) is 0 Å². The minimum atomic E-state index is 1.04. The summed E-state index contributed by atoms with van der Waals surface area (Å²) >= 11 is 0. The molecule has 0 unspecified atom stereocenters. The number of pyridine rings is 1. The first kappa shape index (κ1) is 21.6. The fraction of sp³-hybridized carbons (Fsp3) is 0. The number of hydrogen-bond donors (Lipinski definition) is 0. The minimum Gasteiger partial charge on any atom is -0.256 e. The Kier molecular flexibility index (Phi) is 4.39. The van der Waals surface area contributed by atoms with E-state index in [1.807, 2.05) is 6.20 Å². The standard InChI is InChI=1S/C39H23N/c1-2-10-25-23-26(19-18-24(25)9-1)36-30-13-5-6-14-31(30)38(35-17-8-22-40-39(35)36)34-21-20-33-28-12-4-3-11-27(28)29-15-7-16-32(34)37(29)33/h1-23H. The van der Waals surface area contributed by atoms with Gasteiger partial charge in [-0.05, 0) is 83.4 Å². The van der Waals surface area contributed by atoms with Crippen molar-refractivity contribution in [3.05, 3.63) is 140 Å². The maximum absolute atomic E-state index is 5.03. The Labute approximate surface area is 232 Å². The van der Waals surface area contributed by atoms with Crippen LogP contribution in [0.1, 0.15) is 0 Å². The number of aromatic nitrogens is 1. The third-order valence-corrected chi connectivity index (χ3v) is 8.64. The third kappa shape index (κ3) is 2.89. The lowest BCUT2D eigenvalue weighted by Crippen LogP contribution is -1.93. The van der Waals surface area contributed by atoms with Crippen LogP contribution >= 0.6 is 0 Å². The van der Waals surface area contributed by atoms with Crippen LogP contribution in [0.3, 0.4) is 0 Å². The van der Waals surface area contributed by atoms with Crippen LogP contribution in [0.5, 0.6) is 0 Å². The van der Waals surface area contributed by atoms with Gasteiger partial charge in [0, 0.05) is 17.1 Å². The number of fused-ring (bicyclic) bond motifs is 6. The van der Waals surface area contributed by atoms with Crippen LogP contribution in [0.2, 0.25) is 0 Å². The second-order valence-corrected chi connectivity index (χ2v) is 10.7. The molecule has 1 nitrogen and oxygen atoms in total. The Morgan fingerprint density at radius 1 is 0.375 bits per heavy atom. The van der Waals surface area contributed by atoms with Gasteiger partial charge in [-0.2, -0.15) is 0 Å². The fourth-order valence-corrected chi connectivity index (χ4v) is 6.95. The summed E-state index contributed by atoms with van der Waals surface area (Å²) in [6.07, 6.45) is 1.93. The van der Waals surface area contributed by atoms with E-state index in [-0.39, 0.29) is 0 Å². The Bertz CT molecular complexity index is 2240. The zero-order chi connectivity index (χ0) is 26.2. The van der Waals surface area contributed by atoms with Crippen LogP contribution < -0.4 is 0 Å². The van der Waals surface area contributed by atoms with E-state index in [4.69, 9.17) is 4.98 Å². The van der Waals surface area contributed by atoms with E-state index in [1.165, 1.54) is 82.2 Å². The monoisotopic (exact) mass is 505 g/mol. The van der Waals surface area contributed by atoms with Crippen molar-refractivity contribution in [2.45, 2.75) is 0 Å². The molecule has 1 aliphatic rings. The maximum atomic E-state index is 5.03. The van der Waals surface area contributed by atoms with Crippen molar-refractivity contribution in [3.8, 4) is 44.5 Å². The second kappa shape index (κ2) is 8.11. The second-order valence-electron chi connectivity index (χ2n) is 10.7. The smallest absolute Gasteiger partial charge is 0.0792 e. The molecule has 1 heterocycles. The fourth-order valence-electron chi connectivity index (χ4n) is 6.95. The molecular weight excluding hydrogens is 482 g/mol. The Hall–Kier alpha value is -5.27. The van der Waals surface area contributed by atoms with E-state index < -0.39 is 0 Å². The van der Waals surface area contributed by atoms with Crippen LogP contribution in [0.15, 0.2) is 140 Å². The van der Waals surface area contributed by atoms with Crippen molar-refractivity contribution in [1.29, 1.82) is 0 Å². The van der Waals surface area contributed by atoms with Crippen LogP contribution in [0.25, 0.3) is 87.7 Å². The molecule has 0 aliphatic heterocycles. The van der Waals surface area contributed by atoms with Crippen LogP contribution in [-0.2, 0) is 0 Å². The summed E-state index contributed by atoms with van der Waals surface area (Å²) in [7, 11) is 0. The third-order valence-electron chi connectivity index (χ3n) is 8.64. The normalized spacial score (nSPS) is 12.0. The number of benzene rings is 7. The highest BCUT2D eigenvalue weighted by molar-refractivity contribution is 6.25. The van der Waals surface area contributed by atoms with Gasteiger partial charge in [-0.25, -0.2) is 0 Å². The van der Waals surface area contributed by atoms with Crippen LogP contribution in [0, 0.1) is 0 Å². The molecule has 0 bridgehead atoms. The van der Waals surface area contributed by atoms with E-state index >= 15 is 0 Å². The van der Waals surface area contributed by atoms with Gasteiger partial charge in [-0.3, -0.25) is 4.98 Å². The van der Waals surface area contributed by atoms with Crippen LogP contribution in [0.4, 0.5) is 0 Å². The molecular formula is C39H23N. The minimum absolute atomic E-state index is 1.04. The van der Waals surface area contributed by atoms with Crippen LogP contribution in [-0.4, -0.2) is 4.98 Å². The SMILES string of the molecule is c1ccc2c(c1)-c1cccc3c(-c4c5ccccc5c(-c5ccc6ccccc6c5)c5ncccc45)ccc-2c13. The molecule has 0 spiro atoms. The van der Waals surface area contributed by atoms with E-state index in [0.29, 0.717) is 0 Å². The number of nitrogens with zero attached hydrogens (tertiary/aromatic N) is 1. The average molecular weight is 506 g/mol. The molecule has 9 rings (SSSR count). The van der Waals surface area contributed by atoms with Gasteiger partial charge in [-0.15, -0.1) is 0 Å². The molecule has 1 heteroatoms. The van der Waals surface area contributed by atoms with Gasteiger partial charge in [-0.1, -0.05) is 121 Å². The lowest BCUT2D eigenvalue weighted by molar-refractivity contribution is 1.42. The van der Waals surface area contributed by atoms with Crippen molar-refractivity contribution < 1.29 is 0 Å². The molecule has 40 heavy (non-hydrogen) atoms. The van der Waals surface area contributed by atoms with Crippen molar-refractivity contribution in [3.63, 3.8) is 0 Å². The van der Waals surface area contributed by atoms with Crippen molar-refractivity contribution in [2.24, 2.45) is 0 Å². The summed E-state index contributed by atoms with van der Waals surface area (Å²) in [5.41, 5.74) is 11.2. The topological polar surface area (TPSA) is 12.9 Å². The summed E-state index contributed by atoms with van der Waals surface area (Å²) in [6, 6.07) is 48.7. The average Bonchev–Trinajstić information content (AvgIpc) is 3.35. The molecule has 184 valence electrons. The van der Waals surface area contributed by atoms with E-state index in [2.05, 4.69) is 133 Å². The van der Waals surface area contributed by atoms with Crippen molar-refractivity contribution in [1.82, 2.24) is 4.98 Å². The predicted octanol–water partition coefficient (Wildman–Crippen LogP) is 10.7. The summed E-state index contributed by atoms with van der Waals surface area (Å²) in [5.74, 6) is 0. The predicted molar refractivity (Wildman–Crippen MR) is 170 cm³/mol. The Morgan fingerprint density at radius 3 is 1.85 bits per heavy atom. The highest BCUT2D eigenvalue weighted by Gasteiger charge is 2.24. The molecule has 0 amide bonds. The molecule has 1 aromatic heterocycles. The summed E-state index contributed by atoms with van der Waals surface area (Å²) in [5, 5.41) is 8.79. The van der Waals surface area contributed by atoms with Gasteiger partial charge >= 0.3 is 0 Å². The number of rotatable bonds is 2. The molecule has 8 aromatic rings. The largest absolute Gasteiger partial charge is 0.256 e. The first-order chi connectivity index (χ1) is 19.9. The van der Waals surface area contributed by atoms with Gasteiger partial charge in [0.05, 0.1) is 5.52 Å². The maximum Gasteiger partial charge on any atom is 0.0792 e. The molecule has 0 fully saturated rings. The van der Waals surface area contributed by atoms with E-state index in [9.17, 15) is 0 Å². The zero-order valence-corrected chi connectivity index (χ0v) is 21.7. The quantitative estimate of drug-likeness (QED) is 0.213. The molecule has 7 aromatic carbocycles. The number of hydrogen-bond acceptors (Lipinski definition) is 1. The van der Waals surface area contributed by atoms with Crippen molar-refractivity contribution in [2.75, 3.05) is 0 Å². The molecule has 0 N–H and O–H groups in total. The lowest BCUT2D eigenvalue weighted by atomic mass is 9.85. The van der Waals surface area contributed by atoms with Gasteiger partial charge in [0.15, 0.2) is 0 Å². The zero-order valence-electron chi connectivity index (χ0n) is 21.7. The van der Waals surface area contributed by atoms with Crippen molar-refractivity contribution >= 4 is 43.2 Å². The van der Waals surface area contributed by atoms with Gasteiger partial charge in [0.2, 0.25) is 0 Å². The van der Waals surface area contributed by atoms with E-state index in [0.717, 1.165) is 5.52 Å². The first-order valence-electron chi connectivity index (χ1n) is 13.8. The van der Waals surface area contributed by atoms with Gasteiger partial charge in [0.25, 0.3) is 0 Å². The molecule has 0 saturated carbocycles. The first-order valence-corrected chi connectivity index (χ1v) is 13.8. The lowest BCUT2D eigenvalue weighted by Gasteiger charge is -2.18. The highest BCUT2D eigenvalue weighted by Crippen LogP contribution is 2.51. The Balaban J connectivity index is 1.41.